The predicted molar refractivity (Wildman–Crippen MR) is 83.6 cm³/mol. The lowest BCUT2D eigenvalue weighted by Gasteiger charge is -2.36. The minimum Gasteiger partial charge on any atom is -0.508 e. The van der Waals surface area contributed by atoms with Crippen molar-refractivity contribution in [3.8, 4) is 23.0 Å². The summed E-state index contributed by atoms with van der Waals surface area (Å²) in [5, 5.41) is 20.8. The van der Waals surface area contributed by atoms with Crippen LogP contribution in [0, 0.1) is 0 Å². The second-order valence-corrected chi connectivity index (χ2v) is 6.13. The number of hydrogen-bond donors (Lipinski definition) is 2. The molecule has 5 heteroatoms. The highest BCUT2D eigenvalue weighted by molar-refractivity contribution is 5.59. The van der Waals surface area contributed by atoms with Crippen LogP contribution in [0.25, 0.3) is 0 Å². The van der Waals surface area contributed by atoms with Gasteiger partial charge in [0.25, 0.3) is 0 Å². The summed E-state index contributed by atoms with van der Waals surface area (Å²) in [4.78, 5) is 0. The SMILES string of the molecule is COc1cc2c(cc1OC)C1c3ccc(O)cc3OCC1(O)C2. The Bertz CT molecular complexity index is 785. The maximum absolute atomic E-state index is 11.1. The van der Waals surface area contributed by atoms with E-state index in [0.29, 0.717) is 23.7 Å². The topological polar surface area (TPSA) is 68.2 Å². The number of methoxy groups -OCH3 is 2. The molecule has 0 spiro atoms. The molecule has 2 unspecified atom stereocenters. The first-order valence-electron chi connectivity index (χ1n) is 7.48. The summed E-state index contributed by atoms with van der Waals surface area (Å²) in [7, 11) is 3.20. The van der Waals surface area contributed by atoms with Gasteiger partial charge in [-0.15, -0.1) is 0 Å². The van der Waals surface area contributed by atoms with Gasteiger partial charge < -0.3 is 24.4 Å². The summed E-state index contributed by atoms with van der Waals surface area (Å²) in [6.07, 6.45) is 0.494. The van der Waals surface area contributed by atoms with Gasteiger partial charge in [0, 0.05) is 24.0 Å². The standard InChI is InChI=1S/C18H18O5/c1-21-15-5-10-8-18(20)9-23-14-6-11(19)3-4-12(14)17(18)13(10)7-16(15)22-2/h3-7,17,19-20H,8-9H2,1-2H3. The third kappa shape index (κ3) is 1.96. The van der Waals surface area contributed by atoms with Crippen LogP contribution in [0.5, 0.6) is 23.0 Å². The molecule has 5 nitrogen and oxygen atoms in total. The van der Waals surface area contributed by atoms with Gasteiger partial charge in [-0.1, -0.05) is 6.07 Å². The number of rotatable bonds is 2. The highest BCUT2D eigenvalue weighted by Gasteiger charge is 2.50. The summed E-state index contributed by atoms with van der Waals surface area (Å²) in [6.45, 7) is 0.188. The van der Waals surface area contributed by atoms with Crippen molar-refractivity contribution >= 4 is 0 Å². The van der Waals surface area contributed by atoms with Crippen molar-refractivity contribution in [1.82, 2.24) is 0 Å². The smallest absolute Gasteiger partial charge is 0.161 e. The molecule has 23 heavy (non-hydrogen) atoms. The van der Waals surface area contributed by atoms with Crippen molar-refractivity contribution in [3.63, 3.8) is 0 Å². The quantitative estimate of drug-likeness (QED) is 0.889. The highest BCUT2D eigenvalue weighted by Crippen LogP contribution is 2.53. The van der Waals surface area contributed by atoms with E-state index in [9.17, 15) is 10.2 Å². The Morgan fingerprint density at radius 3 is 2.57 bits per heavy atom. The third-order valence-electron chi connectivity index (χ3n) is 4.78. The molecule has 2 aromatic carbocycles. The number of hydrogen-bond acceptors (Lipinski definition) is 5. The Morgan fingerprint density at radius 2 is 1.83 bits per heavy atom. The van der Waals surface area contributed by atoms with Crippen molar-refractivity contribution in [2.45, 2.75) is 17.9 Å². The first kappa shape index (κ1) is 14.2. The van der Waals surface area contributed by atoms with Crippen LogP contribution in [-0.2, 0) is 6.42 Å². The third-order valence-corrected chi connectivity index (χ3v) is 4.78. The molecule has 0 saturated carbocycles. The van der Waals surface area contributed by atoms with E-state index < -0.39 is 5.60 Å². The Balaban J connectivity index is 1.91. The molecule has 0 bridgehead atoms. The Morgan fingerprint density at radius 1 is 1.09 bits per heavy atom. The molecule has 0 amide bonds. The molecule has 120 valence electrons. The van der Waals surface area contributed by atoms with Crippen LogP contribution in [-0.4, -0.2) is 36.6 Å². The fraction of sp³-hybridized carbons (Fsp3) is 0.333. The summed E-state index contributed by atoms with van der Waals surface area (Å²) >= 11 is 0. The number of ether oxygens (including phenoxy) is 3. The molecule has 0 fully saturated rings. The van der Waals surface area contributed by atoms with Crippen LogP contribution in [0.4, 0.5) is 0 Å². The minimum atomic E-state index is -0.996. The number of aliphatic hydroxyl groups is 1. The van der Waals surface area contributed by atoms with Crippen molar-refractivity contribution in [1.29, 1.82) is 0 Å². The van der Waals surface area contributed by atoms with E-state index in [1.54, 1.807) is 26.4 Å². The number of phenolic OH excluding ortho intramolecular Hbond substituents is 1. The lowest BCUT2D eigenvalue weighted by molar-refractivity contribution is -0.0218. The van der Waals surface area contributed by atoms with Crippen LogP contribution in [0.2, 0.25) is 0 Å². The molecular weight excluding hydrogens is 296 g/mol. The summed E-state index contributed by atoms with van der Waals surface area (Å²) in [5.74, 6) is 1.85. The van der Waals surface area contributed by atoms with Gasteiger partial charge in [0.2, 0.25) is 0 Å². The van der Waals surface area contributed by atoms with E-state index in [2.05, 4.69) is 0 Å². The molecule has 2 N–H and O–H groups in total. The Labute approximate surface area is 134 Å². The van der Waals surface area contributed by atoms with Gasteiger partial charge in [0.1, 0.15) is 23.7 Å². The van der Waals surface area contributed by atoms with E-state index in [1.165, 1.54) is 0 Å². The van der Waals surface area contributed by atoms with E-state index in [-0.39, 0.29) is 18.3 Å². The molecule has 0 radical (unpaired) electrons. The molecule has 4 rings (SSSR count). The average Bonchev–Trinajstić information content (AvgIpc) is 2.84. The number of benzene rings is 2. The largest absolute Gasteiger partial charge is 0.508 e. The Hall–Kier alpha value is -2.40. The molecule has 0 saturated heterocycles. The molecule has 2 aromatic rings. The van der Waals surface area contributed by atoms with Crippen molar-refractivity contribution < 1.29 is 24.4 Å². The second-order valence-electron chi connectivity index (χ2n) is 6.13. The summed E-state index contributed by atoms with van der Waals surface area (Å²) in [5.41, 5.74) is 1.92. The summed E-state index contributed by atoms with van der Waals surface area (Å²) in [6, 6.07) is 8.87. The van der Waals surface area contributed by atoms with Crippen LogP contribution in [0.15, 0.2) is 30.3 Å². The molecule has 1 heterocycles. The van der Waals surface area contributed by atoms with Gasteiger partial charge in [-0.2, -0.15) is 0 Å². The molecule has 2 atom stereocenters. The van der Waals surface area contributed by atoms with Crippen LogP contribution >= 0.6 is 0 Å². The monoisotopic (exact) mass is 314 g/mol. The average molecular weight is 314 g/mol. The lowest BCUT2D eigenvalue weighted by Crippen LogP contribution is -2.43. The van der Waals surface area contributed by atoms with E-state index in [4.69, 9.17) is 14.2 Å². The zero-order valence-electron chi connectivity index (χ0n) is 13.0. The zero-order valence-corrected chi connectivity index (χ0v) is 13.0. The van der Waals surface area contributed by atoms with Crippen molar-refractivity contribution in [2.75, 3.05) is 20.8 Å². The van der Waals surface area contributed by atoms with Gasteiger partial charge >= 0.3 is 0 Å². The fourth-order valence-corrected chi connectivity index (χ4v) is 3.76. The maximum Gasteiger partial charge on any atom is 0.161 e. The fourth-order valence-electron chi connectivity index (χ4n) is 3.76. The summed E-state index contributed by atoms with van der Waals surface area (Å²) < 4.78 is 16.5. The van der Waals surface area contributed by atoms with Crippen molar-refractivity contribution in [3.05, 3.63) is 47.0 Å². The molecule has 2 aliphatic rings. The highest BCUT2D eigenvalue weighted by atomic mass is 16.5. The second kappa shape index (κ2) is 4.80. The van der Waals surface area contributed by atoms with Crippen LogP contribution in [0.3, 0.4) is 0 Å². The zero-order chi connectivity index (χ0) is 16.2. The van der Waals surface area contributed by atoms with Gasteiger partial charge in [-0.3, -0.25) is 0 Å². The van der Waals surface area contributed by atoms with E-state index in [0.717, 1.165) is 16.7 Å². The number of fused-ring (bicyclic) bond motifs is 5. The van der Waals surface area contributed by atoms with Gasteiger partial charge in [-0.25, -0.2) is 0 Å². The minimum absolute atomic E-state index is 0.153. The Kier molecular flexibility index (Phi) is 2.96. The molecule has 1 aliphatic carbocycles. The molecule has 1 aliphatic heterocycles. The first-order chi connectivity index (χ1) is 11.1. The van der Waals surface area contributed by atoms with Crippen LogP contribution < -0.4 is 14.2 Å². The van der Waals surface area contributed by atoms with Crippen molar-refractivity contribution in [2.24, 2.45) is 0 Å². The van der Waals surface area contributed by atoms with Gasteiger partial charge in [0.05, 0.1) is 14.2 Å². The number of phenols is 1. The lowest BCUT2D eigenvalue weighted by atomic mass is 9.80. The van der Waals surface area contributed by atoms with Gasteiger partial charge in [-0.05, 0) is 29.3 Å². The molecule has 0 aromatic heterocycles. The first-order valence-corrected chi connectivity index (χ1v) is 7.48. The van der Waals surface area contributed by atoms with E-state index >= 15 is 0 Å². The number of aromatic hydroxyl groups is 1. The van der Waals surface area contributed by atoms with E-state index in [1.807, 2.05) is 18.2 Å². The maximum atomic E-state index is 11.1. The van der Waals surface area contributed by atoms with Crippen LogP contribution in [0.1, 0.15) is 22.6 Å². The molecular formula is C18H18O5. The van der Waals surface area contributed by atoms with Gasteiger partial charge in [0.15, 0.2) is 11.5 Å². The normalized spacial score (nSPS) is 24.2. The predicted octanol–water partition coefficient (Wildman–Crippen LogP) is 2.22.